The molecule has 1 aliphatic rings. The standard InChI is InChI=1S/C17H24N4/c1-3-9-21-17(6-8-19-21)16-5-4-14(12-18-16)11-15-7-10-20(2)13-15/h4-6,8,12,15H,3,7,9-11,13H2,1-2H3/t15-/m1/s1. The minimum absolute atomic E-state index is 0.785. The molecule has 2 aromatic rings. The van der Waals surface area contributed by atoms with Gasteiger partial charge in [-0.25, -0.2) is 0 Å². The molecule has 2 aromatic heterocycles. The molecule has 3 rings (SSSR count). The number of hydrogen-bond donors (Lipinski definition) is 0. The molecule has 0 aromatic carbocycles. The molecule has 1 saturated heterocycles. The summed E-state index contributed by atoms with van der Waals surface area (Å²) in [6.45, 7) is 5.55. The average molecular weight is 284 g/mol. The molecule has 1 atom stereocenters. The Kier molecular flexibility index (Phi) is 4.34. The molecule has 4 heteroatoms. The van der Waals surface area contributed by atoms with E-state index in [1.165, 1.54) is 25.1 Å². The van der Waals surface area contributed by atoms with Crippen molar-refractivity contribution < 1.29 is 0 Å². The van der Waals surface area contributed by atoms with Gasteiger partial charge >= 0.3 is 0 Å². The summed E-state index contributed by atoms with van der Waals surface area (Å²) in [6, 6.07) is 6.41. The Morgan fingerprint density at radius 2 is 2.19 bits per heavy atom. The average Bonchev–Trinajstić information content (AvgIpc) is 3.10. The fraction of sp³-hybridized carbons (Fsp3) is 0.529. The Hall–Kier alpha value is -1.68. The molecule has 4 nitrogen and oxygen atoms in total. The predicted octanol–water partition coefficient (Wildman–Crippen LogP) is 2.85. The zero-order valence-electron chi connectivity index (χ0n) is 13.0. The maximum absolute atomic E-state index is 4.65. The van der Waals surface area contributed by atoms with Gasteiger partial charge in [-0.1, -0.05) is 13.0 Å². The molecule has 0 amide bonds. The van der Waals surface area contributed by atoms with Crippen LogP contribution in [0.2, 0.25) is 0 Å². The smallest absolute Gasteiger partial charge is 0.0883 e. The molecule has 112 valence electrons. The van der Waals surface area contributed by atoms with Crippen LogP contribution in [-0.4, -0.2) is 39.8 Å². The largest absolute Gasteiger partial charge is 0.306 e. The van der Waals surface area contributed by atoms with Crippen LogP contribution in [0, 0.1) is 5.92 Å². The van der Waals surface area contributed by atoms with Gasteiger partial charge in [-0.05, 0) is 56.5 Å². The van der Waals surface area contributed by atoms with Gasteiger partial charge in [-0.2, -0.15) is 5.10 Å². The third kappa shape index (κ3) is 3.32. The molecule has 0 N–H and O–H groups in total. The lowest BCUT2D eigenvalue weighted by atomic mass is 10.00. The van der Waals surface area contributed by atoms with E-state index in [4.69, 9.17) is 0 Å². The quantitative estimate of drug-likeness (QED) is 0.846. The van der Waals surface area contributed by atoms with E-state index in [-0.39, 0.29) is 0 Å². The van der Waals surface area contributed by atoms with Crippen molar-refractivity contribution in [3.63, 3.8) is 0 Å². The van der Waals surface area contributed by atoms with E-state index in [2.05, 4.69) is 41.1 Å². The molecule has 0 unspecified atom stereocenters. The van der Waals surface area contributed by atoms with Crippen LogP contribution in [0.3, 0.4) is 0 Å². The van der Waals surface area contributed by atoms with E-state index in [0.29, 0.717) is 0 Å². The summed E-state index contributed by atoms with van der Waals surface area (Å²) in [4.78, 5) is 7.06. The molecule has 0 aliphatic carbocycles. The van der Waals surface area contributed by atoms with Crippen LogP contribution < -0.4 is 0 Å². The Morgan fingerprint density at radius 3 is 2.86 bits per heavy atom. The molecule has 21 heavy (non-hydrogen) atoms. The minimum atomic E-state index is 0.785. The van der Waals surface area contributed by atoms with Gasteiger partial charge in [0.2, 0.25) is 0 Å². The lowest BCUT2D eigenvalue weighted by molar-refractivity contribution is 0.394. The molecule has 0 saturated carbocycles. The maximum atomic E-state index is 4.65. The van der Waals surface area contributed by atoms with E-state index >= 15 is 0 Å². The van der Waals surface area contributed by atoms with E-state index in [0.717, 1.165) is 36.7 Å². The Bertz CT molecular complexity index is 573. The summed E-state index contributed by atoms with van der Waals surface area (Å²) in [5.74, 6) is 0.785. The highest BCUT2D eigenvalue weighted by Gasteiger charge is 2.19. The first-order chi connectivity index (χ1) is 10.3. The number of hydrogen-bond acceptors (Lipinski definition) is 3. The third-order valence-corrected chi connectivity index (χ3v) is 4.25. The van der Waals surface area contributed by atoms with Gasteiger partial charge in [0.1, 0.15) is 0 Å². The van der Waals surface area contributed by atoms with E-state index in [1.54, 1.807) is 0 Å². The van der Waals surface area contributed by atoms with Crippen molar-refractivity contribution in [1.29, 1.82) is 0 Å². The fourth-order valence-corrected chi connectivity index (χ4v) is 3.16. The van der Waals surface area contributed by atoms with Crippen molar-refractivity contribution >= 4 is 0 Å². The fourth-order valence-electron chi connectivity index (χ4n) is 3.16. The summed E-state index contributed by atoms with van der Waals surface area (Å²) in [5, 5.41) is 4.37. The highest BCUT2D eigenvalue weighted by Crippen LogP contribution is 2.21. The Balaban J connectivity index is 1.70. The summed E-state index contributed by atoms with van der Waals surface area (Å²) in [7, 11) is 2.20. The Morgan fingerprint density at radius 1 is 1.29 bits per heavy atom. The van der Waals surface area contributed by atoms with E-state index in [9.17, 15) is 0 Å². The van der Waals surface area contributed by atoms with Gasteiger partial charge in [0.15, 0.2) is 0 Å². The first-order valence-electron chi connectivity index (χ1n) is 7.92. The van der Waals surface area contributed by atoms with Crippen LogP contribution in [-0.2, 0) is 13.0 Å². The lowest BCUT2D eigenvalue weighted by Crippen LogP contribution is -2.15. The highest BCUT2D eigenvalue weighted by atomic mass is 15.3. The number of pyridine rings is 1. The van der Waals surface area contributed by atoms with Crippen molar-refractivity contribution in [1.82, 2.24) is 19.7 Å². The first kappa shape index (κ1) is 14.3. The molecule has 0 spiro atoms. The molecular weight excluding hydrogens is 260 g/mol. The second-order valence-electron chi connectivity index (χ2n) is 6.11. The number of nitrogens with zero attached hydrogens (tertiary/aromatic N) is 4. The number of likely N-dealkylation sites (tertiary alicyclic amines) is 1. The van der Waals surface area contributed by atoms with E-state index in [1.807, 2.05) is 23.1 Å². The number of aryl methyl sites for hydroxylation is 1. The minimum Gasteiger partial charge on any atom is -0.306 e. The van der Waals surface area contributed by atoms with Crippen LogP contribution in [0.25, 0.3) is 11.4 Å². The van der Waals surface area contributed by atoms with Crippen molar-refractivity contribution in [3.05, 3.63) is 36.2 Å². The molecule has 1 aliphatic heterocycles. The molecule has 0 bridgehead atoms. The van der Waals surface area contributed by atoms with Crippen LogP contribution in [0.15, 0.2) is 30.6 Å². The second-order valence-corrected chi connectivity index (χ2v) is 6.11. The van der Waals surface area contributed by atoms with Crippen LogP contribution in [0.4, 0.5) is 0 Å². The summed E-state index contributed by atoms with van der Waals surface area (Å²) in [6.07, 6.45) is 7.43. The van der Waals surface area contributed by atoms with Crippen molar-refractivity contribution in [2.45, 2.75) is 32.7 Å². The zero-order valence-corrected chi connectivity index (χ0v) is 13.0. The van der Waals surface area contributed by atoms with Crippen molar-refractivity contribution in [3.8, 4) is 11.4 Å². The monoisotopic (exact) mass is 284 g/mol. The van der Waals surface area contributed by atoms with Crippen molar-refractivity contribution in [2.75, 3.05) is 20.1 Å². The predicted molar refractivity (Wildman–Crippen MR) is 85.1 cm³/mol. The first-order valence-corrected chi connectivity index (χ1v) is 7.92. The normalized spacial score (nSPS) is 19.2. The second kappa shape index (κ2) is 6.39. The molecule has 1 fully saturated rings. The maximum Gasteiger partial charge on any atom is 0.0883 e. The van der Waals surface area contributed by atoms with Gasteiger partial charge in [-0.15, -0.1) is 0 Å². The van der Waals surface area contributed by atoms with Crippen LogP contribution in [0.5, 0.6) is 0 Å². The third-order valence-electron chi connectivity index (χ3n) is 4.25. The zero-order chi connectivity index (χ0) is 14.7. The van der Waals surface area contributed by atoms with Gasteiger partial charge < -0.3 is 4.90 Å². The molecule has 3 heterocycles. The van der Waals surface area contributed by atoms with Gasteiger partial charge in [0.25, 0.3) is 0 Å². The lowest BCUT2D eigenvalue weighted by Gasteiger charge is -2.11. The number of aromatic nitrogens is 3. The summed E-state index contributed by atoms with van der Waals surface area (Å²) >= 11 is 0. The van der Waals surface area contributed by atoms with Gasteiger partial charge in [-0.3, -0.25) is 9.67 Å². The van der Waals surface area contributed by atoms with Gasteiger partial charge in [0, 0.05) is 25.5 Å². The summed E-state index contributed by atoms with van der Waals surface area (Å²) in [5.41, 5.74) is 3.48. The van der Waals surface area contributed by atoms with Crippen LogP contribution >= 0.6 is 0 Å². The Labute approximate surface area is 126 Å². The van der Waals surface area contributed by atoms with Gasteiger partial charge in [0.05, 0.1) is 11.4 Å². The SMILES string of the molecule is CCCn1nccc1-c1ccc(C[C@H]2CCN(C)C2)cn1. The summed E-state index contributed by atoms with van der Waals surface area (Å²) < 4.78 is 2.04. The number of rotatable bonds is 5. The van der Waals surface area contributed by atoms with E-state index < -0.39 is 0 Å². The molecule has 0 radical (unpaired) electrons. The molecular formula is C17H24N4. The van der Waals surface area contributed by atoms with Crippen LogP contribution in [0.1, 0.15) is 25.3 Å². The van der Waals surface area contributed by atoms with Crippen molar-refractivity contribution in [2.24, 2.45) is 5.92 Å². The highest BCUT2D eigenvalue weighted by molar-refractivity contribution is 5.54. The topological polar surface area (TPSA) is 34.0 Å².